The van der Waals surface area contributed by atoms with Crippen molar-refractivity contribution in [3.8, 4) is 10.6 Å². The minimum atomic E-state index is -0.234. The van der Waals surface area contributed by atoms with Crippen molar-refractivity contribution >= 4 is 49.0 Å². The molecule has 2 aliphatic heterocycles. The van der Waals surface area contributed by atoms with Crippen LogP contribution in [0.3, 0.4) is 0 Å². The Morgan fingerprint density at radius 1 is 0.974 bits per heavy atom. The van der Waals surface area contributed by atoms with Crippen LogP contribution in [0.4, 0.5) is 5.69 Å². The normalized spacial score (nSPS) is 19.8. The number of anilines is 1. The van der Waals surface area contributed by atoms with Crippen LogP contribution >= 0.6 is 11.3 Å². The summed E-state index contributed by atoms with van der Waals surface area (Å²) in [6.07, 6.45) is 4.43. The molecule has 1 saturated carbocycles. The Kier molecular flexibility index (Phi) is 4.48. The Morgan fingerprint density at radius 2 is 1.74 bits per heavy atom. The fourth-order valence-corrected chi connectivity index (χ4v) is 8.04. The maximum atomic E-state index is 14.0. The van der Waals surface area contributed by atoms with Crippen molar-refractivity contribution in [1.82, 2.24) is 4.98 Å². The van der Waals surface area contributed by atoms with Crippen molar-refractivity contribution in [2.45, 2.75) is 70.1 Å². The molecule has 192 valence electrons. The van der Waals surface area contributed by atoms with E-state index < -0.39 is 0 Å². The molecular formula is C33H32N2O2S. The maximum Gasteiger partial charge on any atom is 0.346 e. The predicted molar refractivity (Wildman–Crippen MR) is 158 cm³/mol. The summed E-state index contributed by atoms with van der Waals surface area (Å²) in [6, 6.07) is 15.0. The first-order valence-corrected chi connectivity index (χ1v) is 14.8. The van der Waals surface area contributed by atoms with Gasteiger partial charge in [0.1, 0.15) is 16.2 Å². The largest absolute Gasteiger partial charge is 0.422 e. The van der Waals surface area contributed by atoms with Crippen molar-refractivity contribution < 1.29 is 4.42 Å². The van der Waals surface area contributed by atoms with Gasteiger partial charge in [-0.1, -0.05) is 58.0 Å². The van der Waals surface area contributed by atoms with E-state index in [-0.39, 0.29) is 16.5 Å². The molecule has 2 aromatic heterocycles. The van der Waals surface area contributed by atoms with E-state index >= 15 is 0 Å². The molecule has 0 radical (unpaired) electrons. The van der Waals surface area contributed by atoms with Crippen LogP contribution in [0.1, 0.15) is 76.0 Å². The number of hydrogen-bond acceptors (Lipinski definition) is 5. The summed E-state index contributed by atoms with van der Waals surface area (Å²) < 4.78 is 7.52. The van der Waals surface area contributed by atoms with Crippen LogP contribution in [0.25, 0.3) is 42.5 Å². The third kappa shape index (κ3) is 3.08. The number of benzene rings is 3. The zero-order valence-electron chi connectivity index (χ0n) is 22.5. The highest BCUT2D eigenvalue weighted by molar-refractivity contribution is 7.21. The van der Waals surface area contributed by atoms with Gasteiger partial charge in [0.05, 0.1) is 10.2 Å². The second-order valence-electron chi connectivity index (χ2n) is 12.9. The van der Waals surface area contributed by atoms with Gasteiger partial charge in [-0.3, -0.25) is 0 Å². The Hall–Kier alpha value is -3.18. The molecule has 0 unspecified atom stereocenters. The van der Waals surface area contributed by atoms with Gasteiger partial charge in [0, 0.05) is 35.1 Å². The molecule has 38 heavy (non-hydrogen) atoms. The molecule has 0 bridgehead atoms. The van der Waals surface area contributed by atoms with E-state index in [2.05, 4.69) is 75.1 Å². The van der Waals surface area contributed by atoms with Gasteiger partial charge in [-0.25, -0.2) is 9.78 Å². The van der Waals surface area contributed by atoms with Crippen molar-refractivity contribution in [1.29, 1.82) is 0 Å². The van der Waals surface area contributed by atoms with Gasteiger partial charge in [-0.2, -0.15) is 0 Å². The zero-order chi connectivity index (χ0) is 26.0. The average Bonchev–Trinajstić information content (AvgIpc) is 3.63. The highest BCUT2D eigenvalue weighted by atomic mass is 32.1. The van der Waals surface area contributed by atoms with Crippen molar-refractivity contribution in [3.05, 3.63) is 69.6 Å². The standard InChI is InChI=1S/C33H32N2O2S/c1-32(2)13-15-35-16-14-33(3,4)26-28(35)22(32)17-21-24(19-9-10-19)25(31(36)37-29(21)26)30-34-27-20-8-6-5-7-18(20)11-12-23(27)38-30/h5-8,11-12,17,19H,9-10,13-16H2,1-4H3. The number of rotatable bonds is 2. The molecule has 0 amide bonds. The highest BCUT2D eigenvalue weighted by Crippen LogP contribution is 2.55. The van der Waals surface area contributed by atoms with Crippen LogP contribution in [0.15, 0.2) is 51.7 Å². The highest BCUT2D eigenvalue weighted by Gasteiger charge is 2.43. The second kappa shape index (κ2) is 7.47. The van der Waals surface area contributed by atoms with Crippen molar-refractivity contribution in [2.75, 3.05) is 18.0 Å². The Balaban J connectivity index is 1.48. The topological polar surface area (TPSA) is 46.3 Å². The minimum absolute atomic E-state index is 0.0550. The number of aromatic nitrogens is 1. The van der Waals surface area contributed by atoms with Crippen LogP contribution in [-0.4, -0.2) is 18.1 Å². The lowest BCUT2D eigenvalue weighted by atomic mass is 9.68. The fourth-order valence-electron chi connectivity index (χ4n) is 7.01. The molecule has 5 aromatic rings. The first-order chi connectivity index (χ1) is 18.2. The lowest BCUT2D eigenvalue weighted by Gasteiger charge is -2.48. The molecule has 0 atom stereocenters. The van der Waals surface area contributed by atoms with Crippen LogP contribution in [0.2, 0.25) is 0 Å². The molecule has 5 heteroatoms. The number of hydrogen-bond donors (Lipinski definition) is 0. The van der Waals surface area contributed by atoms with Crippen molar-refractivity contribution in [2.24, 2.45) is 0 Å². The number of fused-ring (bicyclic) bond motifs is 5. The molecule has 4 nitrogen and oxygen atoms in total. The van der Waals surface area contributed by atoms with Gasteiger partial charge in [0.2, 0.25) is 0 Å². The lowest BCUT2D eigenvalue weighted by Crippen LogP contribution is -2.44. The van der Waals surface area contributed by atoms with Crippen LogP contribution in [0, 0.1) is 0 Å². The summed E-state index contributed by atoms with van der Waals surface area (Å²) in [5.41, 5.74) is 7.43. The third-order valence-corrected chi connectivity index (χ3v) is 10.5. The maximum absolute atomic E-state index is 14.0. The molecule has 0 N–H and O–H groups in total. The molecule has 8 rings (SSSR count). The van der Waals surface area contributed by atoms with E-state index in [0.717, 1.165) is 70.4 Å². The minimum Gasteiger partial charge on any atom is -0.422 e. The second-order valence-corrected chi connectivity index (χ2v) is 13.9. The summed E-state index contributed by atoms with van der Waals surface area (Å²) in [5.74, 6) is 0.389. The first kappa shape index (κ1) is 22.8. The Bertz CT molecular complexity index is 1870. The molecule has 1 aliphatic carbocycles. The Labute approximate surface area is 226 Å². The third-order valence-electron chi connectivity index (χ3n) is 9.43. The fraction of sp³-hybridized carbons (Fsp3) is 0.394. The van der Waals surface area contributed by atoms with Gasteiger partial charge in [-0.15, -0.1) is 11.3 Å². The lowest BCUT2D eigenvalue weighted by molar-refractivity contribution is 0.398. The summed E-state index contributed by atoms with van der Waals surface area (Å²) >= 11 is 1.62. The zero-order valence-corrected chi connectivity index (χ0v) is 23.3. The Morgan fingerprint density at radius 3 is 2.53 bits per heavy atom. The van der Waals surface area contributed by atoms with Crippen molar-refractivity contribution in [3.63, 3.8) is 0 Å². The molecular weight excluding hydrogens is 488 g/mol. The van der Waals surface area contributed by atoms with E-state index in [1.54, 1.807) is 11.3 Å². The summed E-state index contributed by atoms with van der Waals surface area (Å²) in [5, 5.41) is 4.24. The number of thiazole rings is 1. The predicted octanol–water partition coefficient (Wildman–Crippen LogP) is 8.27. The van der Waals surface area contributed by atoms with Gasteiger partial charge in [-0.05, 0) is 71.1 Å². The number of nitrogens with zero attached hydrogens (tertiary/aromatic N) is 2. The van der Waals surface area contributed by atoms with Crippen LogP contribution < -0.4 is 10.5 Å². The first-order valence-electron chi connectivity index (χ1n) is 14.0. The molecule has 3 aromatic carbocycles. The molecule has 3 aliphatic rings. The van der Waals surface area contributed by atoms with Gasteiger partial charge in [0.25, 0.3) is 0 Å². The van der Waals surface area contributed by atoms with E-state index in [1.807, 2.05) is 0 Å². The molecule has 0 spiro atoms. The van der Waals surface area contributed by atoms with E-state index in [9.17, 15) is 4.79 Å². The summed E-state index contributed by atoms with van der Waals surface area (Å²) in [4.78, 5) is 21.6. The smallest absolute Gasteiger partial charge is 0.346 e. The van der Waals surface area contributed by atoms with Gasteiger partial charge >= 0.3 is 5.63 Å². The van der Waals surface area contributed by atoms with E-state index in [1.165, 1.54) is 27.8 Å². The molecule has 4 heterocycles. The monoisotopic (exact) mass is 520 g/mol. The summed E-state index contributed by atoms with van der Waals surface area (Å²) in [7, 11) is 0. The quantitative estimate of drug-likeness (QED) is 0.220. The van der Waals surface area contributed by atoms with E-state index in [0.29, 0.717) is 11.5 Å². The van der Waals surface area contributed by atoms with Crippen LogP contribution in [-0.2, 0) is 10.8 Å². The summed E-state index contributed by atoms with van der Waals surface area (Å²) in [6.45, 7) is 11.5. The molecule has 0 saturated heterocycles. The van der Waals surface area contributed by atoms with Crippen LogP contribution in [0.5, 0.6) is 0 Å². The van der Waals surface area contributed by atoms with E-state index in [4.69, 9.17) is 9.40 Å². The van der Waals surface area contributed by atoms with Gasteiger partial charge < -0.3 is 9.32 Å². The SMILES string of the molecule is CC1(C)CCN2CCC(C)(C)c3c2c1cc1c(C2CC2)c(-c2nc4c(ccc5ccccc54)s2)c(=O)oc31. The average molecular weight is 521 g/mol. The van der Waals surface area contributed by atoms with Gasteiger partial charge in [0.15, 0.2) is 0 Å². The molecule has 1 fully saturated rings.